The summed E-state index contributed by atoms with van der Waals surface area (Å²) in [4.78, 5) is 16.9. The van der Waals surface area contributed by atoms with Crippen LogP contribution in [0.2, 0.25) is 0 Å². The molecule has 0 bridgehead atoms. The molecule has 7 heteroatoms. The zero-order valence-electron chi connectivity index (χ0n) is 11.4. The van der Waals surface area contributed by atoms with Crippen molar-refractivity contribution in [3.05, 3.63) is 30.5 Å². The normalized spacial score (nSPS) is 11.7. The van der Waals surface area contributed by atoms with Gasteiger partial charge in [-0.1, -0.05) is 13.0 Å². The number of aromatic amines is 1. The smallest absolute Gasteiger partial charge is 0.257 e. The minimum Gasteiger partial charge on any atom is -0.361 e. The van der Waals surface area contributed by atoms with Crippen molar-refractivity contribution in [2.75, 3.05) is 7.05 Å². The Bertz CT molecular complexity index is 721. The van der Waals surface area contributed by atoms with Crippen LogP contribution in [0.25, 0.3) is 10.9 Å². The molecule has 2 aromatic rings. The van der Waals surface area contributed by atoms with Crippen LogP contribution < -0.4 is 4.83 Å². The van der Waals surface area contributed by atoms with E-state index < -0.39 is 10.0 Å². The summed E-state index contributed by atoms with van der Waals surface area (Å²) >= 11 is 0. The number of fused-ring (bicyclic) bond motifs is 1. The van der Waals surface area contributed by atoms with Crippen LogP contribution in [0.15, 0.2) is 35.4 Å². The van der Waals surface area contributed by atoms with Crippen molar-refractivity contribution < 1.29 is 13.2 Å². The maximum atomic E-state index is 12.2. The first-order valence-corrected chi connectivity index (χ1v) is 7.78. The molecule has 1 heterocycles. The number of rotatable bonds is 5. The van der Waals surface area contributed by atoms with Crippen molar-refractivity contribution >= 4 is 26.8 Å². The van der Waals surface area contributed by atoms with E-state index in [9.17, 15) is 13.2 Å². The molecule has 0 fully saturated rings. The van der Waals surface area contributed by atoms with Gasteiger partial charge in [0, 0.05) is 25.2 Å². The second kappa shape index (κ2) is 5.64. The summed E-state index contributed by atoms with van der Waals surface area (Å²) in [7, 11) is -2.35. The van der Waals surface area contributed by atoms with Crippen LogP contribution in [0.5, 0.6) is 0 Å². The molecule has 2 N–H and O–H groups in total. The highest BCUT2D eigenvalue weighted by molar-refractivity contribution is 7.89. The molecule has 0 spiro atoms. The molecule has 108 valence electrons. The molecule has 0 unspecified atom stereocenters. The van der Waals surface area contributed by atoms with Crippen LogP contribution in [-0.4, -0.2) is 31.4 Å². The van der Waals surface area contributed by atoms with E-state index in [1.54, 1.807) is 12.3 Å². The minimum absolute atomic E-state index is 0.114. The number of carbonyl (C=O) groups excluding carboxylic acids is 1. The lowest BCUT2D eigenvalue weighted by atomic mass is 10.2. The zero-order valence-corrected chi connectivity index (χ0v) is 12.2. The van der Waals surface area contributed by atoms with Crippen molar-refractivity contribution in [3.8, 4) is 0 Å². The van der Waals surface area contributed by atoms with Gasteiger partial charge in [-0.25, -0.2) is 8.42 Å². The molecule has 0 saturated heterocycles. The number of hydrogen-bond donors (Lipinski definition) is 2. The molecule has 0 aliphatic heterocycles. The van der Waals surface area contributed by atoms with Gasteiger partial charge in [0.15, 0.2) is 0 Å². The molecule has 0 aliphatic carbocycles. The highest BCUT2D eigenvalue weighted by Gasteiger charge is 2.19. The fourth-order valence-corrected chi connectivity index (χ4v) is 2.95. The predicted octanol–water partition coefficient (Wildman–Crippen LogP) is 1.62. The van der Waals surface area contributed by atoms with Gasteiger partial charge >= 0.3 is 0 Å². The van der Waals surface area contributed by atoms with E-state index in [1.807, 2.05) is 13.0 Å². The number of nitrogens with one attached hydrogen (secondary N) is 2. The van der Waals surface area contributed by atoms with E-state index in [4.69, 9.17) is 0 Å². The summed E-state index contributed by atoms with van der Waals surface area (Å²) < 4.78 is 24.4. The van der Waals surface area contributed by atoms with Crippen molar-refractivity contribution in [2.24, 2.45) is 0 Å². The average molecular weight is 295 g/mol. The monoisotopic (exact) mass is 295 g/mol. The summed E-state index contributed by atoms with van der Waals surface area (Å²) in [5.74, 6) is -0.267. The van der Waals surface area contributed by atoms with E-state index in [1.165, 1.54) is 19.2 Å². The van der Waals surface area contributed by atoms with E-state index in [0.29, 0.717) is 12.8 Å². The number of sulfonamides is 1. The number of hydrogen-bond acceptors (Lipinski definition) is 3. The Kier molecular flexibility index (Phi) is 4.10. The summed E-state index contributed by atoms with van der Waals surface area (Å²) in [6.07, 6.45) is 2.71. The highest BCUT2D eigenvalue weighted by atomic mass is 32.2. The van der Waals surface area contributed by atoms with E-state index in [-0.39, 0.29) is 10.8 Å². The Morgan fingerprint density at radius 3 is 2.80 bits per heavy atom. The maximum absolute atomic E-state index is 12.2. The lowest BCUT2D eigenvalue weighted by Gasteiger charge is -2.18. The average Bonchev–Trinajstić information content (AvgIpc) is 2.85. The third-order valence-corrected chi connectivity index (χ3v) is 4.32. The third-order valence-electron chi connectivity index (χ3n) is 2.93. The number of carbonyl (C=O) groups is 1. The fraction of sp³-hybridized carbons (Fsp3) is 0.308. The number of amides is 1. The van der Waals surface area contributed by atoms with Gasteiger partial charge in [0.1, 0.15) is 0 Å². The highest BCUT2D eigenvalue weighted by Crippen LogP contribution is 2.17. The molecule has 0 aliphatic rings. The lowest BCUT2D eigenvalue weighted by molar-refractivity contribution is -0.131. The first kappa shape index (κ1) is 14.5. The molecule has 1 aromatic heterocycles. The molecular formula is C13H17N3O3S. The Balaban J connectivity index is 2.23. The van der Waals surface area contributed by atoms with Crippen LogP contribution in [0.1, 0.15) is 19.8 Å². The van der Waals surface area contributed by atoms with E-state index >= 15 is 0 Å². The Morgan fingerprint density at radius 1 is 1.35 bits per heavy atom. The summed E-state index contributed by atoms with van der Waals surface area (Å²) in [5.41, 5.74) is 0.732. The number of nitrogens with zero attached hydrogens (tertiary/aromatic N) is 1. The van der Waals surface area contributed by atoms with Gasteiger partial charge < -0.3 is 4.98 Å². The van der Waals surface area contributed by atoms with E-state index in [0.717, 1.165) is 15.9 Å². The summed E-state index contributed by atoms with van der Waals surface area (Å²) in [6.45, 7) is 1.86. The lowest BCUT2D eigenvalue weighted by Crippen LogP contribution is -2.43. The maximum Gasteiger partial charge on any atom is 0.257 e. The molecular weight excluding hydrogens is 278 g/mol. The Hall–Kier alpha value is -1.86. The van der Waals surface area contributed by atoms with E-state index in [2.05, 4.69) is 9.82 Å². The van der Waals surface area contributed by atoms with Crippen LogP contribution in [0.3, 0.4) is 0 Å². The minimum atomic E-state index is -3.76. The zero-order chi connectivity index (χ0) is 14.8. The first-order valence-electron chi connectivity index (χ1n) is 6.30. The van der Waals surface area contributed by atoms with Crippen molar-refractivity contribution in [1.82, 2.24) is 14.8 Å². The van der Waals surface area contributed by atoms with Crippen LogP contribution >= 0.6 is 0 Å². The Labute approximate surface area is 117 Å². The molecule has 0 radical (unpaired) electrons. The molecule has 6 nitrogen and oxygen atoms in total. The van der Waals surface area contributed by atoms with Crippen molar-refractivity contribution in [3.63, 3.8) is 0 Å². The van der Waals surface area contributed by atoms with Gasteiger partial charge in [0.25, 0.3) is 10.0 Å². The second-order valence-corrected chi connectivity index (χ2v) is 6.19. The summed E-state index contributed by atoms with van der Waals surface area (Å²) in [5, 5.41) is 1.94. The van der Waals surface area contributed by atoms with Crippen LogP contribution in [-0.2, 0) is 14.8 Å². The molecule has 1 aromatic carbocycles. The quantitative estimate of drug-likeness (QED) is 0.822. The molecule has 0 saturated carbocycles. The SMILES string of the molecule is CCCC(=O)N(C)NS(=O)(=O)c1ccc2cc[nH]c2c1. The largest absolute Gasteiger partial charge is 0.361 e. The number of aromatic nitrogens is 1. The second-order valence-electron chi connectivity index (χ2n) is 4.52. The molecule has 20 heavy (non-hydrogen) atoms. The molecule has 2 rings (SSSR count). The first-order chi connectivity index (χ1) is 9.44. The topological polar surface area (TPSA) is 82.3 Å². The number of hydrazine groups is 1. The third kappa shape index (κ3) is 3.00. The fourth-order valence-electron chi connectivity index (χ4n) is 1.86. The van der Waals surface area contributed by atoms with Crippen LogP contribution in [0.4, 0.5) is 0 Å². The van der Waals surface area contributed by atoms with Gasteiger partial charge in [-0.05, 0) is 30.0 Å². The van der Waals surface area contributed by atoms with Gasteiger partial charge in [0.05, 0.1) is 4.90 Å². The van der Waals surface area contributed by atoms with Crippen LogP contribution in [0, 0.1) is 0 Å². The van der Waals surface area contributed by atoms with Crippen molar-refractivity contribution in [2.45, 2.75) is 24.7 Å². The van der Waals surface area contributed by atoms with Gasteiger partial charge in [-0.15, -0.1) is 4.83 Å². The predicted molar refractivity (Wildman–Crippen MR) is 76.3 cm³/mol. The van der Waals surface area contributed by atoms with Gasteiger partial charge in [-0.2, -0.15) is 0 Å². The van der Waals surface area contributed by atoms with Gasteiger partial charge in [0.2, 0.25) is 5.91 Å². The number of H-pyrrole nitrogens is 1. The molecule has 0 atom stereocenters. The Morgan fingerprint density at radius 2 is 2.10 bits per heavy atom. The van der Waals surface area contributed by atoms with Crippen molar-refractivity contribution in [1.29, 1.82) is 0 Å². The van der Waals surface area contributed by atoms with Gasteiger partial charge in [-0.3, -0.25) is 9.80 Å². The molecule has 1 amide bonds. The standard InChI is InChI=1S/C13H17N3O3S/c1-3-4-13(17)16(2)15-20(18,19)11-6-5-10-7-8-14-12(10)9-11/h5-9,14-15H,3-4H2,1-2H3. The summed E-state index contributed by atoms with van der Waals surface area (Å²) in [6, 6.07) is 6.62. The number of benzene rings is 1.